The van der Waals surface area contributed by atoms with Crippen LogP contribution in [-0.2, 0) is 19.1 Å². The second-order valence-corrected chi connectivity index (χ2v) is 10.8. The molecule has 0 aromatic rings. The third-order valence-electron chi connectivity index (χ3n) is 9.52. The summed E-state index contributed by atoms with van der Waals surface area (Å²) in [7, 11) is 0. The molecule has 8 atom stereocenters. The second kappa shape index (κ2) is 5.84. The van der Waals surface area contributed by atoms with Gasteiger partial charge in [-0.15, -0.1) is 0 Å². The minimum Gasteiger partial charge on any atom is -0.451 e. The molecule has 0 saturated heterocycles. The standard InChI is InChI=1S/C24H29ClO4/c1-12(26)24(29-13(2)27)10-8-16-14-5-6-18-20(25)21(28)15-11-19(15)23(18,4)17(14)7-9-22(16,24)3/h5-6,14-17,19H,7-11H2,1-4H3/t14-,15+,16-,17-,19-,22-,23+,24-/m0/s1. The van der Waals surface area contributed by atoms with Gasteiger partial charge in [0.15, 0.2) is 17.2 Å². The second-order valence-electron chi connectivity index (χ2n) is 10.4. The smallest absolute Gasteiger partial charge is 0.303 e. The Balaban J connectivity index is 1.58. The summed E-state index contributed by atoms with van der Waals surface area (Å²) in [5.74, 6) is 1.22. The zero-order valence-corrected chi connectivity index (χ0v) is 18.3. The average Bonchev–Trinajstić information content (AvgIpc) is 3.40. The molecule has 5 heteroatoms. The maximum absolute atomic E-state index is 12.8. The van der Waals surface area contributed by atoms with Gasteiger partial charge in [0.25, 0.3) is 0 Å². The highest BCUT2D eigenvalue weighted by Gasteiger charge is 2.70. The molecule has 5 rings (SSSR count). The van der Waals surface area contributed by atoms with Crippen LogP contribution in [0, 0.1) is 40.4 Å². The molecule has 4 nitrogen and oxygen atoms in total. The Bertz CT molecular complexity index is 903. The number of halogens is 1. The first-order valence-corrected chi connectivity index (χ1v) is 11.3. The number of ether oxygens (including phenoxy) is 1. The van der Waals surface area contributed by atoms with Crippen molar-refractivity contribution in [3.63, 3.8) is 0 Å². The molecular formula is C24H29ClO4. The van der Waals surface area contributed by atoms with Crippen LogP contribution in [0.5, 0.6) is 0 Å². The van der Waals surface area contributed by atoms with Crippen LogP contribution < -0.4 is 0 Å². The Morgan fingerprint density at radius 3 is 2.45 bits per heavy atom. The number of hydrogen-bond acceptors (Lipinski definition) is 4. The number of ketones is 2. The molecule has 0 heterocycles. The summed E-state index contributed by atoms with van der Waals surface area (Å²) in [5, 5.41) is 0.443. The Morgan fingerprint density at radius 1 is 1.10 bits per heavy atom. The lowest BCUT2D eigenvalue weighted by Crippen LogP contribution is -2.58. The third kappa shape index (κ3) is 2.19. The summed E-state index contributed by atoms with van der Waals surface area (Å²) < 4.78 is 5.82. The molecule has 0 aliphatic heterocycles. The summed E-state index contributed by atoms with van der Waals surface area (Å²) >= 11 is 6.54. The Hall–Kier alpha value is -1.42. The molecule has 0 bridgehead atoms. The highest BCUT2D eigenvalue weighted by atomic mass is 35.5. The van der Waals surface area contributed by atoms with Crippen molar-refractivity contribution in [2.45, 2.75) is 65.4 Å². The first-order valence-electron chi connectivity index (χ1n) is 10.9. The van der Waals surface area contributed by atoms with Gasteiger partial charge in [-0.25, -0.2) is 0 Å². The van der Waals surface area contributed by atoms with Gasteiger partial charge in [0.05, 0.1) is 5.03 Å². The fourth-order valence-electron chi connectivity index (χ4n) is 8.04. The lowest BCUT2D eigenvalue weighted by molar-refractivity contribution is -0.185. The largest absolute Gasteiger partial charge is 0.451 e. The van der Waals surface area contributed by atoms with Crippen molar-refractivity contribution in [3.8, 4) is 0 Å². The van der Waals surface area contributed by atoms with Gasteiger partial charge in [0, 0.05) is 23.7 Å². The van der Waals surface area contributed by atoms with Crippen molar-refractivity contribution in [2.24, 2.45) is 40.4 Å². The van der Waals surface area contributed by atoms with Crippen LogP contribution in [0.25, 0.3) is 0 Å². The van der Waals surface area contributed by atoms with Crippen LogP contribution in [0.3, 0.4) is 0 Å². The normalized spacial score (nSPS) is 49.7. The fraction of sp³-hybridized carbons (Fsp3) is 0.708. The monoisotopic (exact) mass is 416 g/mol. The highest BCUT2D eigenvalue weighted by Crippen LogP contribution is 2.72. The number of fused-ring (bicyclic) bond motifs is 7. The van der Waals surface area contributed by atoms with Gasteiger partial charge in [-0.2, -0.15) is 0 Å². The van der Waals surface area contributed by atoms with E-state index in [1.54, 1.807) is 6.92 Å². The molecule has 0 amide bonds. The van der Waals surface area contributed by atoms with E-state index in [2.05, 4.69) is 26.0 Å². The number of esters is 1. The number of hydrogen-bond donors (Lipinski definition) is 0. The van der Waals surface area contributed by atoms with Crippen molar-refractivity contribution in [1.29, 1.82) is 0 Å². The molecule has 5 aliphatic rings. The van der Waals surface area contributed by atoms with E-state index in [4.69, 9.17) is 16.3 Å². The summed E-state index contributed by atoms with van der Waals surface area (Å²) in [5.41, 5.74) is -0.408. The molecule has 0 N–H and O–H groups in total. The number of Topliss-reactive ketones (excluding diaryl/α,β-unsaturated/α-hetero) is 2. The highest BCUT2D eigenvalue weighted by molar-refractivity contribution is 6.44. The van der Waals surface area contributed by atoms with Gasteiger partial charge in [-0.05, 0) is 68.3 Å². The maximum atomic E-state index is 12.8. The maximum Gasteiger partial charge on any atom is 0.303 e. The molecule has 5 aliphatic carbocycles. The first kappa shape index (κ1) is 19.5. The fourth-order valence-corrected chi connectivity index (χ4v) is 8.45. The van der Waals surface area contributed by atoms with Gasteiger partial charge >= 0.3 is 5.97 Å². The molecule has 3 fully saturated rings. The van der Waals surface area contributed by atoms with Crippen molar-refractivity contribution >= 4 is 29.1 Å². The Labute approximate surface area is 177 Å². The molecule has 0 spiro atoms. The summed E-state index contributed by atoms with van der Waals surface area (Å²) in [6, 6.07) is 0. The topological polar surface area (TPSA) is 60.4 Å². The van der Waals surface area contributed by atoms with E-state index in [1.165, 1.54) is 6.92 Å². The Morgan fingerprint density at radius 2 is 1.79 bits per heavy atom. The van der Waals surface area contributed by atoms with E-state index in [1.807, 2.05) is 0 Å². The van der Waals surface area contributed by atoms with Crippen LogP contribution in [0.2, 0.25) is 0 Å². The molecule has 0 aromatic carbocycles. The number of rotatable bonds is 2. The summed E-state index contributed by atoms with van der Waals surface area (Å²) in [6.45, 7) is 7.44. The van der Waals surface area contributed by atoms with E-state index in [9.17, 15) is 14.4 Å². The summed E-state index contributed by atoms with van der Waals surface area (Å²) in [4.78, 5) is 37.2. The van der Waals surface area contributed by atoms with Crippen molar-refractivity contribution in [1.82, 2.24) is 0 Å². The minimum atomic E-state index is -1.01. The first-order chi connectivity index (χ1) is 13.6. The van der Waals surface area contributed by atoms with E-state index in [-0.39, 0.29) is 40.2 Å². The molecular weight excluding hydrogens is 388 g/mol. The van der Waals surface area contributed by atoms with Gasteiger partial charge < -0.3 is 4.74 Å². The quantitative estimate of drug-likeness (QED) is 0.617. The Kier molecular flexibility index (Phi) is 3.93. The predicted octanol–water partition coefficient (Wildman–Crippen LogP) is 4.61. The van der Waals surface area contributed by atoms with Crippen LogP contribution in [0.15, 0.2) is 22.8 Å². The number of carbonyl (C=O) groups excluding carboxylic acids is 3. The van der Waals surface area contributed by atoms with Crippen molar-refractivity contribution < 1.29 is 19.1 Å². The number of allylic oxidation sites excluding steroid dienone is 4. The zero-order valence-electron chi connectivity index (χ0n) is 17.6. The zero-order chi connectivity index (χ0) is 20.9. The van der Waals surface area contributed by atoms with Gasteiger partial charge in [0.1, 0.15) is 0 Å². The SMILES string of the molecule is CC(=O)O[C@]1(C(C)=O)CC[C@H]2[C@@H]3C=CC4=C(Cl)C(=O)[C@@H]5C[C@@H]5[C@]4(C)[C@H]3CC[C@@]21C. The van der Waals surface area contributed by atoms with Crippen LogP contribution in [-0.4, -0.2) is 23.1 Å². The third-order valence-corrected chi connectivity index (χ3v) is 9.91. The van der Waals surface area contributed by atoms with Crippen molar-refractivity contribution in [2.75, 3.05) is 0 Å². The molecule has 0 unspecified atom stereocenters. The molecule has 0 radical (unpaired) electrons. The van der Waals surface area contributed by atoms with E-state index in [0.29, 0.717) is 29.2 Å². The van der Waals surface area contributed by atoms with Crippen LogP contribution >= 0.6 is 11.6 Å². The van der Waals surface area contributed by atoms with Crippen LogP contribution in [0.4, 0.5) is 0 Å². The summed E-state index contributed by atoms with van der Waals surface area (Å²) in [6.07, 6.45) is 8.58. The average molecular weight is 417 g/mol. The lowest BCUT2D eigenvalue weighted by atomic mass is 9.47. The molecule has 0 aromatic heterocycles. The molecule has 3 saturated carbocycles. The predicted molar refractivity (Wildman–Crippen MR) is 109 cm³/mol. The van der Waals surface area contributed by atoms with E-state index >= 15 is 0 Å². The minimum absolute atomic E-state index is 0.0312. The van der Waals surface area contributed by atoms with Gasteiger partial charge in [-0.1, -0.05) is 37.6 Å². The van der Waals surface area contributed by atoms with Gasteiger partial charge in [-0.3, -0.25) is 14.4 Å². The van der Waals surface area contributed by atoms with E-state index < -0.39 is 5.60 Å². The lowest BCUT2D eigenvalue weighted by Gasteiger charge is -2.57. The van der Waals surface area contributed by atoms with Crippen molar-refractivity contribution in [3.05, 3.63) is 22.8 Å². The van der Waals surface area contributed by atoms with Gasteiger partial charge in [0.2, 0.25) is 0 Å². The molecule has 156 valence electrons. The molecule has 29 heavy (non-hydrogen) atoms. The van der Waals surface area contributed by atoms with Crippen LogP contribution in [0.1, 0.15) is 59.8 Å². The number of carbonyl (C=O) groups is 3. The van der Waals surface area contributed by atoms with E-state index in [0.717, 1.165) is 31.3 Å².